The Morgan fingerprint density at radius 3 is 2.12 bits per heavy atom. The number of nitrogens with zero attached hydrogens (tertiary/aromatic N) is 2. The number of para-hydroxylation sites is 1. The third kappa shape index (κ3) is 3.20. The highest BCUT2D eigenvalue weighted by molar-refractivity contribution is 6.40. The molecule has 0 radical (unpaired) electrons. The van der Waals surface area contributed by atoms with Crippen molar-refractivity contribution in [3.8, 4) is 11.3 Å². The van der Waals surface area contributed by atoms with E-state index in [0.29, 0.717) is 27.2 Å². The molecule has 3 aromatic rings. The molecule has 0 atom stereocenters. The van der Waals surface area contributed by atoms with Crippen molar-refractivity contribution in [2.24, 2.45) is 5.73 Å². The summed E-state index contributed by atoms with van der Waals surface area (Å²) < 4.78 is 0. The Bertz CT molecular complexity index is 864. The van der Waals surface area contributed by atoms with Crippen LogP contribution in [-0.4, -0.2) is 11.0 Å². The van der Waals surface area contributed by atoms with Crippen molar-refractivity contribution in [2.75, 3.05) is 4.90 Å². The molecular formula is C18H13Cl2N3O. The van der Waals surface area contributed by atoms with Crippen molar-refractivity contribution in [3.05, 3.63) is 76.8 Å². The van der Waals surface area contributed by atoms with E-state index in [0.717, 1.165) is 5.56 Å². The number of pyridine rings is 1. The molecule has 0 fully saturated rings. The molecule has 3 rings (SSSR count). The van der Waals surface area contributed by atoms with Gasteiger partial charge in [0.25, 0.3) is 0 Å². The zero-order valence-electron chi connectivity index (χ0n) is 12.5. The molecule has 1 aromatic heterocycles. The minimum atomic E-state index is -0.720. The topological polar surface area (TPSA) is 59.2 Å². The zero-order chi connectivity index (χ0) is 17.1. The van der Waals surface area contributed by atoms with Crippen molar-refractivity contribution < 1.29 is 4.79 Å². The fourth-order valence-electron chi connectivity index (χ4n) is 2.36. The van der Waals surface area contributed by atoms with Crippen LogP contribution in [0.25, 0.3) is 11.3 Å². The van der Waals surface area contributed by atoms with Gasteiger partial charge in [0.05, 0.1) is 21.4 Å². The molecule has 2 N–H and O–H groups in total. The second-order valence-electron chi connectivity index (χ2n) is 4.99. The van der Waals surface area contributed by atoms with E-state index in [9.17, 15) is 4.79 Å². The molecule has 0 spiro atoms. The Labute approximate surface area is 149 Å². The van der Waals surface area contributed by atoms with Gasteiger partial charge in [0.2, 0.25) is 0 Å². The lowest BCUT2D eigenvalue weighted by atomic mass is 10.1. The molecule has 4 nitrogen and oxygen atoms in total. The standard InChI is InChI=1S/C18H13Cl2N3O/c19-13-8-4-9-14(20)17(13)23(18(21)24)16-11-5-10-15(22-16)12-6-2-1-3-7-12/h1-11H,(H2,21,24). The van der Waals surface area contributed by atoms with Crippen molar-refractivity contribution in [2.45, 2.75) is 0 Å². The van der Waals surface area contributed by atoms with E-state index >= 15 is 0 Å². The summed E-state index contributed by atoms with van der Waals surface area (Å²) in [5.74, 6) is 0.346. The Kier molecular flexibility index (Phi) is 4.69. The van der Waals surface area contributed by atoms with Crippen LogP contribution in [0.3, 0.4) is 0 Å². The van der Waals surface area contributed by atoms with Gasteiger partial charge in [0.15, 0.2) is 0 Å². The van der Waals surface area contributed by atoms with Crippen LogP contribution in [0.2, 0.25) is 10.0 Å². The molecule has 0 saturated heterocycles. The van der Waals surface area contributed by atoms with Crippen LogP contribution < -0.4 is 10.6 Å². The fourth-order valence-corrected chi connectivity index (χ4v) is 2.92. The molecule has 0 unspecified atom stereocenters. The summed E-state index contributed by atoms with van der Waals surface area (Å²) in [4.78, 5) is 17.8. The third-order valence-corrected chi connectivity index (χ3v) is 4.02. The quantitative estimate of drug-likeness (QED) is 0.693. The first-order chi connectivity index (χ1) is 11.6. The van der Waals surface area contributed by atoms with Gasteiger partial charge in [-0.05, 0) is 24.3 Å². The summed E-state index contributed by atoms with van der Waals surface area (Å²) in [7, 11) is 0. The lowest BCUT2D eigenvalue weighted by Crippen LogP contribution is -2.32. The first-order valence-corrected chi connectivity index (χ1v) is 7.89. The second-order valence-corrected chi connectivity index (χ2v) is 5.81. The number of nitrogens with two attached hydrogens (primary N) is 1. The summed E-state index contributed by atoms with van der Waals surface area (Å²) in [6.45, 7) is 0. The number of carbonyl (C=O) groups excluding carboxylic acids is 1. The minimum absolute atomic E-state index is 0.311. The smallest absolute Gasteiger partial charge is 0.325 e. The number of carbonyl (C=O) groups is 1. The van der Waals surface area contributed by atoms with Crippen molar-refractivity contribution in [3.63, 3.8) is 0 Å². The monoisotopic (exact) mass is 357 g/mol. The van der Waals surface area contributed by atoms with Crippen LogP contribution >= 0.6 is 23.2 Å². The van der Waals surface area contributed by atoms with Gasteiger partial charge in [-0.3, -0.25) is 0 Å². The molecule has 120 valence electrons. The molecule has 0 aliphatic heterocycles. The molecule has 2 aromatic carbocycles. The number of rotatable bonds is 3. The van der Waals surface area contributed by atoms with Crippen LogP contribution in [0.15, 0.2) is 66.7 Å². The SMILES string of the molecule is NC(=O)N(c1cccc(-c2ccccc2)n1)c1c(Cl)cccc1Cl. The number of hydrogen-bond acceptors (Lipinski definition) is 2. The van der Waals surface area contributed by atoms with Gasteiger partial charge in [-0.1, -0.05) is 65.7 Å². The van der Waals surface area contributed by atoms with Gasteiger partial charge in [-0.2, -0.15) is 0 Å². The molecule has 0 bridgehead atoms. The highest BCUT2D eigenvalue weighted by Gasteiger charge is 2.22. The summed E-state index contributed by atoms with van der Waals surface area (Å²) in [5.41, 5.74) is 7.50. The van der Waals surface area contributed by atoms with E-state index in [4.69, 9.17) is 28.9 Å². The van der Waals surface area contributed by atoms with Crippen LogP contribution in [0.4, 0.5) is 16.3 Å². The number of hydrogen-bond donors (Lipinski definition) is 1. The predicted molar refractivity (Wildman–Crippen MR) is 97.9 cm³/mol. The Morgan fingerprint density at radius 2 is 1.50 bits per heavy atom. The number of primary amides is 1. The second kappa shape index (κ2) is 6.91. The summed E-state index contributed by atoms with van der Waals surface area (Å²) >= 11 is 12.4. The van der Waals surface area contributed by atoms with E-state index in [1.54, 1.807) is 30.3 Å². The maximum absolute atomic E-state index is 12.0. The van der Waals surface area contributed by atoms with Gasteiger partial charge in [-0.25, -0.2) is 14.7 Å². The number of benzene rings is 2. The molecule has 24 heavy (non-hydrogen) atoms. The van der Waals surface area contributed by atoms with Gasteiger partial charge >= 0.3 is 6.03 Å². The third-order valence-electron chi connectivity index (χ3n) is 3.41. The van der Waals surface area contributed by atoms with Crippen LogP contribution in [-0.2, 0) is 0 Å². The average molecular weight is 358 g/mol. The lowest BCUT2D eigenvalue weighted by Gasteiger charge is -2.22. The summed E-state index contributed by atoms with van der Waals surface area (Å²) in [6.07, 6.45) is 0. The Morgan fingerprint density at radius 1 is 0.875 bits per heavy atom. The number of amides is 2. The number of anilines is 2. The minimum Gasteiger partial charge on any atom is -0.351 e. The maximum atomic E-state index is 12.0. The van der Waals surface area contributed by atoms with Crippen LogP contribution in [0.5, 0.6) is 0 Å². The van der Waals surface area contributed by atoms with E-state index in [2.05, 4.69) is 4.98 Å². The Balaban J connectivity index is 2.13. The molecule has 0 aliphatic carbocycles. The van der Waals surface area contributed by atoms with E-state index < -0.39 is 6.03 Å². The van der Waals surface area contributed by atoms with Crippen molar-refractivity contribution in [1.82, 2.24) is 4.98 Å². The summed E-state index contributed by atoms with van der Waals surface area (Å²) in [5, 5.41) is 0.626. The van der Waals surface area contributed by atoms with Gasteiger partial charge in [-0.15, -0.1) is 0 Å². The van der Waals surface area contributed by atoms with Crippen LogP contribution in [0.1, 0.15) is 0 Å². The molecule has 1 heterocycles. The number of halogens is 2. The van der Waals surface area contributed by atoms with Crippen molar-refractivity contribution >= 4 is 40.7 Å². The van der Waals surface area contributed by atoms with E-state index in [1.807, 2.05) is 36.4 Å². The molecule has 2 amide bonds. The number of urea groups is 1. The molecule has 0 aliphatic rings. The first-order valence-electron chi connectivity index (χ1n) is 7.14. The van der Waals surface area contributed by atoms with E-state index in [-0.39, 0.29) is 0 Å². The predicted octanol–water partition coefficient (Wildman–Crippen LogP) is 5.27. The molecule has 6 heteroatoms. The molecular weight excluding hydrogens is 345 g/mol. The first kappa shape index (κ1) is 16.3. The van der Waals surface area contributed by atoms with Gasteiger partial charge in [0.1, 0.15) is 5.82 Å². The average Bonchev–Trinajstić information content (AvgIpc) is 2.59. The molecule has 0 saturated carbocycles. The lowest BCUT2D eigenvalue weighted by molar-refractivity contribution is 0.256. The maximum Gasteiger partial charge on any atom is 0.325 e. The number of aromatic nitrogens is 1. The fraction of sp³-hybridized carbons (Fsp3) is 0. The van der Waals surface area contributed by atoms with E-state index in [1.165, 1.54) is 4.90 Å². The Hall–Kier alpha value is -2.56. The summed E-state index contributed by atoms with van der Waals surface area (Å²) in [6, 6.07) is 19.2. The highest BCUT2D eigenvalue weighted by Crippen LogP contribution is 2.37. The highest BCUT2D eigenvalue weighted by atomic mass is 35.5. The largest absolute Gasteiger partial charge is 0.351 e. The van der Waals surface area contributed by atoms with Crippen LogP contribution in [0, 0.1) is 0 Å². The van der Waals surface area contributed by atoms with Gasteiger partial charge in [0, 0.05) is 5.56 Å². The van der Waals surface area contributed by atoms with Crippen molar-refractivity contribution in [1.29, 1.82) is 0 Å². The normalized spacial score (nSPS) is 10.4. The zero-order valence-corrected chi connectivity index (χ0v) is 14.0. The van der Waals surface area contributed by atoms with Gasteiger partial charge < -0.3 is 5.73 Å².